The van der Waals surface area contributed by atoms with Crippen LogP contribution in [0.3, 0.4) is 0 Å². The number of benzene rings is 2. The molecule has 0 atom stereocenters. The highest BCUT2D eigenvalue weighted by Crippen LogP contribution is 2.25. The van der Waals surface area contributed by atoms with Crippen molar-refractivity contribution >= 4 is 23.0 Å². The number of anilines is 2. The summed E-state index contributed by atoms with van der Waals surface area (Å²) in [5.74, 6) is -0.247. The number of ether oxygens (including phenoxy) is 1. The summed E-state index contributed by atoms with van der Waals surface area (Å²) in [7, 11) is 0. The van der Waals surface area contributed by atoms with Gasteiger partial charge in [-0.05, 0) is 48.2 Å². The number of fused-ring (bicyclic) bond motifs is 1. The molecule has 0 radical (unpaired) electrons. The summed E-state index contributed by atoms with van der Waals surface area (Å²) in [5, 5.41) is 19.9. The SMILES string of the molecule is N#Cc1cccc(Cn2cc(NC(=O)C3=NCc4ccc(NC5CCOCC5)cc43)cn2)c1. The Kier molecular flexibility index (Phi) is 5.87. The van der Waals surface area contributed by atoms with E-state index in [9.17, 15) is 4.79 Å². The van der Waals surface area contributed by atoms with Gasteiger partial charge in [0, 0.05) is 36.7 Å². The fourth-order valence-electron chi connectivity index (χ4n) is 4.18. The van der Waals surface area contributed by atoms with Crippen molar-refractivity contribution in [2.45, 2.75) is 32.0 Å². The van der Waals surface area contributed by atoms with E-state index in [1.165, 1.54) is 0 Å². The van der Waals surface area contributed by atoms with Crippen LogP contribution in [0.1, 0.15) is 35.1 Å². The number of amides is 1. The second kappa shape index (κ2) is 9.27. The lowest BCUT2D eigenvalue weighted by Crippen LogP contribution is -2.28. The first-order valence-corrected chi connectivity index (χ1v) is 11.0. The maximum absolute atomic E-state index is 13.0. The number of rotatable bonds is 6. The highest BCUT2D eigenvalue weighted by atomic mass is 16.5. The average molecular weight is 441 g/mol. The molecular weight excluding hydrogens is 416 g/mol. The van der Waals surface area contributed by atoms with Crippen molar-refractivity contribution < 1.29 is 9.53 Å². The summed E-state index contributed by atoms with van der Waals surface area (Å²) >= 11 is 0. The second-order valence-electron chi connectivity index (χ2n) is 8.26. The molecule has 2 aliphatic rings. The maximum atomic E-state index is 13.0. The normalized spacial score (nSPS) is 15.4. The van der Waals surface area contributed by atoms with Gasteiger partial charge in [-0.1, -0.05) is 18.2 Å². The molecule has 0 aliphatic carbocycles. The number of aromatic nitrogens is 2. The summed E-state index contributed by atoms with van der Waals surface area (Å²) in [6.07, 6.45) is 5.34. The van der Waals surface area contributed by atoms with Crippen molar-refractivity contribution in [3.05, 3.63) is 77.1 Å². The third-order valence-electron chi connectivity index (χ3n) is 5.87. The molecular formula is C25H24N6O2. The van der Waals surface area contributed by atoms with Crippen LogP contribution in [-0.2, 0) is 22.6 Å². The Morgan fingerprint density at radius 1 is 1.18 bits per heavy atom. The van der Waals surface area contributed by atoms with Crippen molar-refractivity contribution in [2.75, 3.05) is 23.8 Å². The molecule has 3 aromatic rings. The summed E-state index contributed by atoms with van der Waals surface area (Å²) in [6.45, 7) is 2.56. The Balaban J connectivity index is 1.25. The molecule has 3 heterocycles. The quantitative estimate of drug-likeness (QED) is 0.612. The molecule has 1 aromatic heterocycles. The van der Waals surface area contributed by atoms with Gasteiger partial charge in [-0.15, -0.1) is 0 Å². The Labute approximate surface area is 191 Å². The van der Waals surface area contributed by atoms with Gasteiger partial charge in [0.25, 0.3) is 5.91 Å². The van der Waals surface area contributed by atoms with Crippen LogP contribution in [0.25, 0.3) is 0 Å². The molecule has 1 fully saturated rings. The van der Waals surface area contributed by atoms with Crippen molar-refractivity contribution in [3.8, 4) is 6.07 Å². The van der Waals surface area contributed by atoms with Crippen LogP contribution in [0.15, 0.2) is 59.9 Å². The summed E-state index contributed by atoms with van der Waals surface area (Å²) in [6, 6.07) is 16.0. The van der Waals surface area contributed by atoms with Crippen LogP contribution in [0, 0.1) is 11.3 Å². The lowest BCUT2D eigenvalue weighted by Gasteiger charge is -2.24. The molecule has 0 saturated carbocycles. The number of nitriles is 1. The van der Waals surface area contributed by atoms with E-state index in [-0.39, 0.29) is 5.91 Å². The Bertz CT molecular complexity index is 1250. The molecule has 0 unspecified atom stereocenters. The topological polar surface area (TPSA) is 104 Å². The molecule has 8 nitrogen and oxygen atoms in total. The lowest BCUT2D eigenvalue weighted by molar-refractivity contribution is -0.110. The van der Waals surface area contributed by atoms with E-state index in [1.54, 1.807) is 23.1 Å². The zero-order chi connectivity index (χ0) is 22.6. The van der Waals surface area contributed by atoms with Crippen molar-refractivity contribution in [2.24, 2.45) is 4.99 Å². The van der Waals surface area contributed by atoms with Crippen LogP contribution >= 0.6 is 0 Å². The van der Waals surface area contributed by atoms with Gasteiger partial charge in [-0.3, -0.25) is 14.5 Å². The molecule has 2 aliphatic heterocycles. The van der Waals surface area contributed by atoms with Gasteiger partial charge in [-0.2, -0.15) is 10.4 Å². The van der Waals surface area contributed by atoms with Gasteiger partial charge in [0.1, 0.15) is 5.71 Å². The van der Waals surface area contributed by atoms with Crippen molar-refractivity contribution in [1.29, 1.82) is 5.26 Å². The first-order valence-electron chi connectivity index (χ1n) is 11.0. The van der Waals surface area contributed by atoms with E-state index in [0.717, 1.165) is 48.4 Å². The van der Waals surface area contributed by atoms with Gasteiger partial charge in [0.2, 0.25) is 0 Å². The minimum atomic E-state index is -0.247. The first kappa shape index (κ1) is 20.9. The largest absolute Gasteiger partial charge is 0.382 e. The Morgan fingerprint density at radius 3 is 2.91 bits per heavy atom. The molecule has 2 N–H and O–H groups in total. The monoisotopic (exact) mass is 440 g/mol. The number of carbonyl (C=O) groups excluding carboxylic acids is 1. The Hall–Kier alpha value is -3.96. The summed E-state index contributed by atoms with van der Waals surface area (Å²) in [4.78, 5) is 17.5. The fourth-order valence-corrected chi connectivity index (χ4v) is 4.18. The van der Waals surface area contributed by atoms with Gasteiger partial charge >= 0.3 is 0 Å². The van der Waals surface area contributed by atoms with E-state index < -0.39 is 0 Å². The molecule has 2 aromatic carbocycles. The number of nitrogens with zero attached hydrogens (tertiary/aromatic N) is 4. The van der Waals surface area contributed by atoms with Crippen molar-refractivity contribution in [1.82, 2.24) is 9.78 Å². The molecule has 166 valence electrons. The minimum absolute atomic E-state index is 0.247. The van der Waals surface area contributed by atoms with Crippen LogP contribution in [0.4, 0.5) is 11.4 Å². The van der Waals surface area contributed by atoms with E-state index in [0.29, 0.717) is 36.1 Å². The molecule has 0 spiro atoms. The molecule has 8 heteroatoms. The molecule has 1 amide bonds. The first-order chi connectivity index (χ1) is 16.2. The number of aliphatic imine (C=N–C) groups is 1. The molecule has 0 bridgehead atoms. The van der Waals surface area contributed by atoms with Gasteiger partial charge in [0.05, 0.1) is 36.6 Å². The van der Waals surface area contributed by atoms with Crippen molar-refractivity contribution in [3.63, 3.8) is 0 Å². The number of hydrogen-bond acceptors (Lipinski definition) is 6. The standard InChI is InChI=1S/C25H24N6O2/c26-12-17-2-1-3-18(10-17)15-31-16-22(14-28-31)30-25(32)24-23-11-21(5-4-19(23)13-27-24)29-20-6-8-33-9-7-20/h1-5,10-11,14,16,20,29H,6-9,13,15H2,(H,30,32). The second-order valence-corrected chi connectivity index (χ2v) is 8.26. The maximum Gasteiger partial charge on any atom is 0.274 e. The van der Waals surface area contributed by atoms with E-state index in [2.05, 4.69) is 32.9 Å². The Morgan fingerprint density at radius 2 is 2.06 bits per heavy atom. The highest BCUT2D eigenvalue weighted by molar-refractivity contribution is 6.49. The van der Waals surface area contributed by atoms with E-state index in [1.807, 2.05) is 30.3 Å². The molecule has 33 heavy (non-hydrogen) atoms. The van der Waals surface area contributed by atoms with Crippen LogP contribution in [0.2, 0.25) is 0 Å². The highest BCUT2D eigenvalue weighted by Gasteiger charge is 2.24. The van der Waals surface area contributed by atoms with Gasteiger partial charge < -0.3 is 15.4 Å². The third-order valence-corrected chi connectivity index (χ3v) is 5.87. The summed E-state index contributed by atoms with van der Waals surface area (Å²) in [5.41, 5.74) is 5.52. The molecule has 1 saturated heterocycles. The van der Waals surface area contributed by atoms with Gasteiger partial charge in [0.15, 0.2) is 0 Å². The number of hydrogen-bond donors (Lipinski definition) is 2. The third kappa shape index (κ3) is 4.78. The smallest absolute Gasteiger partial charge is 0.274 e. The zero-order valence-corrected chi connectivity index (χ0v) is 18.1. The van der Waals surface area contributed by atoms with Crippen LogP contribution < -0.4 is 10.6 Å². The number of carbonyl (C=O) groups is 1. The average Bonchev–Trinajstić information content (AvgIpc) is 3.46. The van der Waals surface area contributed by atoms with Gasteiger partial charge in [-0.25, -0.2) is 0 Å². The lowest BCUT2D eigenvalue weighted by atomic mass is 10.0. The molecule has 5 rings (SSSR count). The minimum Gasteiger partial charge on any atom is -0.382 e. The van der Waals surface area contributed by atoms with Crippen LogP contribution in [0.5, 0.6) is 0 Å². The van der Waals surface area contributed by atoms with E-state index >= 15 is 0 Å². The zero-order valence-electron chi connectivity index (χ0n) is 18.1. The predicted molar refractivity (Wildman–Crippen MR) is 125 cm³/mol. The van der Waals surface area contributed by atoms with Crippen LogP contribution in [-0.4, -0.2) is 40.7 Å². The summed E-state index contributed by atoms with van der Waals surface area (Å²) < 4.78 is 7.16. The fraction of sp³-hybridized carbons (Fsp3) is 0.280. The number of nitrogens with one attached hydrogen (secondary N) is 2. The predicted octanol–water partition coefficient (Wildman–Crippen LogP) is 3.34. The van der Waals surface area contributed by atoms with E-state index in [4.69, 9.17) is 10.00 Å².